The quantitative estimate of drug-likeness (QED) is 0.187. The fourth-order valence-corrected chi connectivity index (χ4v) is 2.90. The van der Waals surface area contributed by atoms with Gasteiger partial charge in [-0.1, -0.05) is 39.3 Å². The lowest BCUT2D eigenvalue weighted by Gasteiger charge is -2.24. The van der Waals surface area contributed by atoms with Gasteiger partial charge in [0.25, 0.3) is 0 Å². The molecule has 6 heteroatoms. The second kappa shape index (κ2) is 12.4. The van der Waals surface area contributed by atoms with Gasteiger partial charge < -0.3 is 21.1 Å². The van der Waals surface area contributed by atoms with E-state index in [-0.39, 0.29) is 17.2 Å². The minimum absolute atomic E-state index is 0.0926. The van der Waals surface area contributed by atoms with E-state index in [2.05, 4.69) is 30.9 Å². The second-order valence-electron chi connectivity index (χ2n) is 5.91. The zero-order chi connectivity index (χ0) is 17.8. The average Bonchev–Trinajstić information content (AvgIpc) is 2.54. The van der Waals surface area contributed by atoms with Crippen LogP contribution in [0.15, 0.2) is 28.4 Å². The monoisotopic (exact) mass is 342 g/mol. The van der Waals surface area contributed by atoms with Crippen LogP contribution in [0.25, 0.3) is 0 Å². The van der Waals surface area contributed by atoms with Gasteiger partial charge in [0.2, 0.25) is 0 Å². The number of unbranched alkanes of at least 4 members (excludes halogenated alkanes) is 1. The number of hydrogen-bond acceptors (Lipinski definition) is 5. The third-order valence-corrected chi connectivity index (χ3v) is 4.51. The van der Waals surface area contributed by atoms with Crippen LogP contribution in [0.4, 0.5) is 0 Å². The molecule has 5 nitrogen and oxygen atoms in total. The van der Waals surface area contributed by atoms with Gasteiger partial charge >= 0.3 is 0 Å². The van der Waals surface area contributed by atoms with Crippen LogP contribution in [-0.4, -0.2) is 50.3 Å². The van der Waals surface area contributed by atoms with E-state index in [4.69, 9.17) is 16.2 Å². The summed E-state index contributed by atoms with van der Waals surface area (Å²) in [7, 11) is 5.55. The summed E-state index contributed by atoms with van der Waals surface area (Å²) >= 11 is 1.57. The maximum absolute atomic E-state index is 6.12. The molecule has 0 saturated carbocycles. The highest BCUT2D eigenvalue weighted by atomic mass is 32.2. The lowest BCUT2D eigenvalue weighted by Crippen LogP contribution is -2.37. The number of nitrogens with two attached hydrogens (primary N) is 2. The fourth-order valence-electron chi connectivity index (χ4n) is 2.02. The summed E-state index contributed by atoms with van der Waals surface area (Å²) in [5.41, 5.74) is 12.9. The summed E-state index contributed by atoms with van der Waals surface area (Å²) in [5.74, 6) is 0.745. The Morgan fingerprint density at radius 1 is 1.43 bits per heavy atom. The van der Waals surface area contributed by atoms with Crippen molar-refractivity contribution in [1.82, 2.24) is 4.90 Å². The van der Waals surface area contributed by atoms with Crippen LogP contribution in [0.1, 0.15) is 33.1 Å². The number of ether oxygens (including phenoxy) is 1. The van der Waals surface area contributed by atoms with E-state index in [1.54, 1.807) is 19.1 Å². The second-order valence-corrected chi connectivity index (χ2v) is 6.94. The maximum atomic E-state index is 6.12. The van der Waals surface area contributed by atoms with Gasteiger partial charge in [-0.3, -0.25) is 0 Å². The predicted octanol–water partition coefficient (Wildman–Crippen LogP) is 2.79. The highest BCUT2D eigenvalue weighted by molar-refractivity contribution is 7.98. The summed E-state index contributed by atoms with van der Waals surface area (Å²) in [6.07, 6.45) is 7.37. The smallest absolute Gasteiger partial charge is 0.114 e. The van der Waals surface area contributed by atoms with Gasteiger partial charge in [-0.15, -0.1) is 0 Å². The highest BCUT2D eigenvalue weighted by Gasteiger charge is 2.21. The topological polar surface area (TPSA) is 76.9 Å². The molecule has 2 unspecified atom stereocenters. The molecule has 3 atom stereocenters. The van der Waals surface area contributed by atoms with Gasteiger partial charge in [-0.2, -0.15) is 0 Å². The lowest BCUT2D eigenvalue weighted by molar-refractivity contribution is 0.291. The van der Waals surface area contributed by atoms with Gasteiger partial charge in [0.1, 0.15) is 5.76 Å². The van der Waals surface area contributed by atoms with Crippen LogP contribution in [0.5, 0.6) is 0 Å². The van der Waals surface area contributed by atoms with Crippen LogP contribution in [0, 0.1) is 5.92 Å². The summed E-state index contributed by atoms with van der Waals surface area (Å²) < 4.78 is 9.79. The van der Waals surface area contributed by atoms with E-state index in [1.807, 2.05) is 25.3 Å². The van der Waals surface area contributed by atoms with Crippen molar-refractivity contribution < 1.29 is 4.74 Å². The van der Waals surface area contributed by atoms with Crippen molar-refractivity contribution in [1.29, 1.82) is 0 Å². The van der Waals surface area contributed by atoms with Crippen molar-refractivity contribution >= 4 is 18.3 Å². The summed E-state index contributed by atoms with van der Waals surface area (Å²) in [6, 6.07) is -0.116. The minimum Gasteiger partial charge on any atom is -0.497 e. The van der Waals surface area contributed by atoms with Gasteiger partial charge in [0, 0.05) is 37.8 Å². The molecule has 0 aliphatic heterocycles. The van der Waals surface area contributed by atoms with E-state index in [0.29, 0.717) is 12.3 Å². The molecular weight excluding hydrogens is 308 g/mol. The molecule has 0 fully saturated rings. The van der Waals surface area contributed by atoms with Crippen LogP contribution in [0.3, 0.4) is 0 Å². The third kappa shape index (κ3) is 9.03. The zero-order valence-electron chi connectivity index (χ0n) is 15.3. The molecular formula is C17H34N4OS. The Hall–Kier alpha value is -0.980. The first-order chi connectivity index (χ1) is 10.9. The first kappa shape index (κ1) is 22.0. The largest absolute Gasteiger partial charge is 0.497 e. The first-order valence-corrected chi connectivity index (χ1v) is 8.97. The zero-order valence-corrected chi connectivity index (χ0v) is 16.1. The Bertz CT molecular complexity index is 396. The van der Waals surface area contributed by atoms with Crippen LogP contribution < -0.4 is 11.5 Å². The summed E-state index contributed by atoms with van der Waals surface area (Å²) in [4.78, 5) is 1.93. The van der Waals surface area contributed by atoms with Crippen LogP contribution in [0.2, 0.25) is 0 Å². The molecule has 0 saturated heterocycles. The number of allylic oxidation sites excluding steroid dienone is 1. The normalized spacial score (nSPS) is 16.2. The molecule has 23 heavy (non-hydrogen) atoms. The summed E-state index contributed by atoms with van der Waals surface area (Å²) in [5, 5.41) is 0.264. The van der Waals surface area contributed by atoms with Crippen molar-refractivity contribution in [2.45, 2.75) is 44.4 Å². The molecule has 0 spiro atoms. The fraction of sp³-hybridized carbons (Fsp3) is 0.706. The SMILES string of the molecule is C=C(OC)/C(=C/C(CCCC)SN=CN(C)C)[C@@H](C)C(N)CN. The van der Waals surface area contributed by atoms with Gasteiger partial charge in [-0.25, -0.2) is 4.40 Å². The van der Waals surface area contributed by atoms with Crippen molar-refractivity contribution in [3.05, 3.63) is 24.0 Å². The van der Waals surface area contributed by atoms with Gasteiger partial charge in [0.05, 0.1) is 13.4 Å². The van der Waals surface area contributed by atoms with Crippen molar-refractivity contribution in [3.8, 4) is 0 Å². The molecule has 0 aliphatic rings. The van der Waals surface area contributed by atoms with E-state index < -0.39 is 0 Å². The number of hydrogen-bond donors (Lipinski definition) is 2. The Labute approximate surface area is 146 Å². The molecule has 0 bridgehead atoms. The van der Waals surface area contributed by atoms with Crippen molar-refractivity contribution in [2.24, 2.45) is 21.8 Å². The Kier molecular flexibility index (Phi) is 11.9. The van der Waals surface area contributed by atoms with E-state index >= 15 is 0 Å². The van der Waals surface area contributed by atoms with Crippen molar-refractivity contribution in [3.63, 3.8) is 0 Å². The Balaban J connectivity index is 5.30. The average molecular weight is 343 g/mol. The molecule has 0 heterocycles. The van der Waals surface area contributed by atoms with Gasteiger partial charge in [0.15, 0.2) is 0 Å². The van der Waals surface area contributed by atoms with E-state index in [1.165, 1.54) is 0 Å². The molecule has 0 aromatic heterocycles. The predicted molar refractivity (Wildman–Crippen MR) is 104 cm³/mol. The third-order valence-electron chi connectivity index (χ3n) is 3.66. The highest BCUT2D eigenvalue weighted by Crippen LogP contribution is 2.28. The molecule has 0 radical (unpaired) electrons. The molecule has 4 N–H and O–H groups in total. The van der Waals surface area contributed by atoms with Crippen LogP contribution in [-0.2, 0) is 4.74 Å². The van der Waals surface area contributed by atoms with Crippen molar-refractivity contribution in [2.75, 3.05) is 27.7 Å². The Morgan fingerprint density at radius 2 is 2.09 bits per heavy atom. The maximum Gasteiger partial charge on any atom is 0.114 e. The summed E-state index contributed by atoms with van der Waals surface area (Å²) in [6.45, 7) is 8.70. The number of nitrogens with zero attached hydrogens (tertiary/aromatic N) is 2. The number of rotatable bonds is 12. The minimum atomic E-state index is -0.116. The molecule has 0 rings (SSSR count). The molecule has 0 aromatic carbocycles. The number of methoxy groups -OCH3 is 1. The molecule has 134 valence electrons. The van der Waals surface area contributed by atoms with Crippen LogP contribution >= 0.6 is 11.9 Å². The standard InChI is InChI=1S/C17H34N4OS/c1-7-8-9-15(23-20-12-21(4)5)10-16(14(3)22-6)13(2)17(19)11-18/h10,12-13,15,17H,3,7-9,11,18-19H2,1-2,4-6H3/b16-10+,20-12?/t13-,15?,17?/m1/s1. The molecule has 0 aliphatic carbocycles. The lowest BCUT2D eigenvalue weighted by atomic mass is 9.91. The Morgan fingerprint density at radius 3 is 2.57 bits per heavy atom. The van der Waals surface area contributed by atoms with E-state index in [9.17, 15) is 0 Å². The molecule has 0 aromatic rings. The molecule has 0 amide bonds. The first-order valence-electron chi connectivity index (χ1n) is 8.13. The van der Waals surface area contributed by atoms with Gasteiger partial charge in [-0.05, 0) is 23.9 Å². The van der Waals surface area contributed by atoms with E-state index in [0.717, 1.165) is 24.8 Å².